The Labute approximate surface area is 107 Å². The van der Waals surface area contributed by atoms with Crippen LogP contribution in [0.3, 0.4) is 0 Å². The number of rotatable bonds is 5. The van der Waals surface area contributed by atoms with E-state index in [2.05, 4.69) is 11.4 Å². The molecule has 2 atom stereocenters. The maximum Gasteiger partial charge on any atom is 0.309 e. The van der Waals surface area contributed by atoms with E-state index in [0.717, 1.165) is 11.3 Å². The van der Waals surface area contributed by atoms with Crippen LogP contribution in [0.4, 0.5) is 0 Å². The van der Waals surface area contributed by atoms with Crippen LogP contribution in [0.5, 0.6) is 5.75 Å². The highest BCUT2D eigenvalue weighted by atomic mass is 16.5. The normalized spacial score (nSPS) is 18.9. The molecule has 0 spiro atoms. The summed E-state index contributed by atoms with van der Waals surface area (Å²) in [6, 6.07) is 8.14. The Morgan fingerprint density at radius 3 is 3.11 bits per heavy atom. The summed E-state index contributed by atoms with van der Waals surface area (Å²) in [7, 11) is 0. The van der Waals surface area contributed by atoms with E-state index in [9.17, 15) is 4.79 Å². The highest BCUT2D eigenvalue weighted by molar-refractivity contribution is 5.72. The van der Waals surface area contributed by atoms with Crippen molar-refractivity contribution in [3.63, 3.8) is 0 Å². The van der Waals surface area contributed by atoms with E-state index in [0.29, 0.717) is 19.8 Å². The number of carbonyl (C=O) groups excluding carboxylic acids is 1. The van der Waals surface area contributed by atoms with Gasteiger partial charge in [-0.2, -0.15) is 0 Å². The molecule has 0 fully saturated rings. The van der Waals surface area contributed by atoms with E-state index in [-0.39, 0.29) is 17.9 Å². The zero-order valence-corrected chi connectivity index (χ0v) is 10.8. The van der Waals surface area contributed by atoms with E-state index in [4.69, 9.17) is 9.47 Å². The summed E-state index contributed by atoms with van der Waals surface area (Å²) in [4.78, 5) is 11.5. The van der Waals surface area contributed by atoms with Crippen molar-refractivity contribution in [1.29, 1.82) is 0 Å². The van der Waals surface area contributed by atoms with Crippen LogP contribution in [0.1, 0.15) is 25.5 Å². The van der Waals surface area contributed by atoms with Gasteiger partial charge >= 0.3 is 5.97 Å². The first-order valence-electron chi connectivity index (χ1n) is 6.34. The van der Waals surface area contributed by atoms with Crippen molar-refractivity contribution >= 4 is 5.97 Å². The molecule has 2 unspecified atom stereocenters. The summed E-state index contributed by atoms with van der Waals surface area (Å²) in [6.45, 7) is 5.33. The zero-order valence-electron chi connectivity index (χ0n) is 10.8. The molecular weight excluding hydrogens is 230 g/mol. The number of para-hydroxylation sites is 1. The first-order chi connectivity index (χ1) is 8.72. The van der Waals surface area contributed by atoms with Crippen LogP contribution in [0.2, 0.25) is 0 Å². The molecule has 1 aliphatic heterocycles. The largest absolute Gasteiger partial charge is 0.491 e. The highest BCUT2D eigenvalue weighted by Crippen LogP contribution is 2.31. The lowest BCUT2D eigenvalue weighted by Crippen LogP contribution is -2.31. The fraction of sp³-hybridized carbons (Fsp3) is 0.500. The first kappa shape index (κ1) is 12.9. The molecule has 0 saturated heterocycles. The minimum atomic E-state index is -0.155. The Morgan fingerprint density at radius 1 is 1.56 bits per heavy atom. The van der Waals surface area contributed by atoms with Crippen LogP contribution < -0.4 is 10.1 Å². The van der Waals surface area contributed by atoms with Crippen molar-refractivity contribution in [3.05, 3.63) is 29.8 Å². The molecule has 0 bridgehead atoms. The number of benzene rings is 1. The molecule has 1 aliphatic rings. The summed E-state index contributed by atoms with van der Waals surface area (Å²) in [6.07, 6.45) is 0. The summed E-state index contributed by atoms with van der Waals surface area (Å²) in [5, 5.41) is 3.35. The van der Waals surface area contributed by atoms with E-state index >= 15 is 0 Å². The second-order valence-electron chi connectivity index (χ2n) is 4.46. The van der Waals surface area contributed by atoms with Gasteiger partial charge in [0, 0.05) is 12.1 Å². The quantitative estimate of drug-likeness (QED) is 0.810. The van der Waals surface area contributed by atoms with Gasteiger partial charge in [-0.25, -0.2) is 0 Å². The summed E-state index contributed by atoms with van der Waals surface area (Å²) < 4.78 is 10.6. The molecule has 98 valence electrons. The number of nitrogens with one attached hydrogen (secondary N) is 1. The average molecular weight is 249 g/mol. The van der Waals surface area contributed by atoms with Crippen molar-refractivity contribution in [2.45, 2.75) is 19.9 Å². The van der Waals surface area contributed by atoms with Gasteiger partial charge in [0.1, 0.15) is 12.4 Å². The SMILES string of the molecule is CCOC(=O)C(C)CNC1COc2ccccc21. The molecule has 0 aromatic heterocycles. The Balaban J connectivity index is 1.87. The van der Waals surface area contributed by atoms with Crippen molar-refractivity contribution in [2.75, 3.05) is 19.8 Å². The van der Waals surface area contributed by atoms with Gasteiger partial charge in [-0.05, 0) is 13.0 Å². The summed E-state index contributed by atoms with van der Waals surface area (Å²) in [5.74, 6) is 0.633. The third-order valence-corrected chi connectivity index (χ3v) is 3.06. The molecule has 1 N–H and O–H groups in total. The third kappa shape index (κ3) is 2.82. The van der Waals surface area contributed by atoms with E-state index in [1.54, 1.807) is 0 Å². The Bertz CT molecular complexity index is 419. The molecule has 1 aromatic rings. The van der Waals surface area contributed by atoms with E-state index < -0.39 is 0 Å². The molecule has 0 saturated carbocycles. The number of ether oxygens (including phenoxy) is 2. The number of carbonyl (C=O) groups is 1. The van der Waals surface area contributed by atoms with Crippen molar-refractivity contribution < 1.29 is 14.3 Å². The van der Waals surface area contributed by atoms with Gasteiger partial charge in [0.25, 0.3) is 0 Å². The lowest BCUT2D eigenvalue weighted by molar-refractivity contribution is -0.147. The number of fused-ring (bicyclic) bond motifs is 1. The summed E-state index contributed by atoms with van der Waals surface area (Å²) in [5.41, 5.74) is 1.16. The predicted octanol–water partition coefficient (Wildman–Crippen LogP) is 1.91. The van der Waals surface area contributed by atoms with Gasteiger partial charge in [0.15, 0.2) is 0 Å². The Kier molecular flexibility index (Phi) is 4.20. The highest BCUT2D eigenvalue weighted by Gasteiger charge is 2.24. The van der Waals surface area contributed by atoms with Gasteiger partial charge in [-0.15, -0.1) is 0 Å². The zero-order chi connectivity index (χ0) is 13.0. The predicted molar refractivity (Wildman–Crippen MR) is 68.5 cm³/mol. The number of hydrogen-bond acceptors (Lipinski definition) is 4. The molecular formula is C14H19NO3. The van der Waals surface area contributed by atoms with Gasteiger partial charge in [0.05, 0.1) is 18.6 Å². The lowest BCUT2D eigenvalue weighted by atomic mass is 10.1. The molecule has 4 nitrogen and oxygen atoms in total. The molecule has 1 heterocycles. The first-order valence-corrected chi connectivity index (χ1v) is 6.34. The average Bonchev–Trinajstić information content (AvgIpc) is 2.79. The smallest absolute Gasteiger partial charge is 0.309 e. The van der Waals surface area contributed by atoms with Crippen molar-refractivity contribution in [1.82, 2.24) is 5.32 Å². The van der Waals surface area contributed by atoms with Gasteiger partial charge in [-0.1, -0.05) is 25.1 Å². The minimum Gasteiger partial charge on any atom is -0.491 e. The molecule has 1 aromatic carbocycles. The molecule has 0 aliphatic carbocycles. The number of hydrogen-bond donors (Lipinski definition) is 1. The van der Waals surface area contributed by atoms with E-state index in [1.807, 2.05) is 32.0 Å². The van der Waals surface area contributed by atoms with Crippen molar-refractivity contribution in [2.24, 2.45) is 5.92 Å². The molecule has 2 rings (SSSR count). The second-order valence-corrected chi connectivity index (χ2v) is 4.46. The molecule has 4 heteroatoms. The fourth-order valence-electron chi connectivity index (χ4n) is 2.02. The molecule has 0 amide bonds. The van der Waals surface area contributed by atoms with Crippen LogP contribution in [-0.4, -0.2) is 25.7 Å². The standard InChI is InChI=1S/C14H19NO3/c1-3-17-14(16)10(2)8-15-12-9-18-13-7-5-4-6-11(12)13/h4-7,10,12,15H,3,8-9H2,1-2H3. The maximum atomic E-state index is 11.5. The number of esters is 1. The maximum absolute atomic E-state index is 11.5. The minimum absolute atomic E-state index is 0.141. The van der Waals surface area contributed by atoms with Crippen LogP contribution in [0.25, 0.3) is 0 Å². The van der Waals surface area contributed by atoms with Crippen molar-refractivity contribution in [3.8, 4) is 5.75 Å². The van der Waals surface area contributed by atoms with Crippen LogP contribution in [-0.2, 0) is 9.53 Å². The topological polar surface area (TPSA) is 47.6 Å². The van der Waals surface area contributed by atoms with Gasteiger partial charge in [0.2, 0.25) is 0 Å². The monoisotopic (exact) mass is 249 g/mol. The Morgan fingerprint density at radius 2 is 2.33 bits per heavy atom. The van der Waals surface area contributed by atoms with E-state index in [1.165, 1.54) is 0 Å². The van der Waals surface area contributed by atoms with Gasteiger partial charge in [-0.3, -0.25) is 4.79 Å². The van der Waals surface area contributed by atoms with Crippen LogP contribution >= 0.6 is 0 Å². The Hall–Kier alpha value is -1.55. The second kappa shape index (κ2) is 5.87. The summed E-state index contributed by atoms with van der Waals surface area (Å²) >= 11 is 0. The van der Waals surface area contributed by atoms with Gasteiger partial charge < -0.3 is 14.8 Å². The molecule has 0 radical (unpaired) electrons. The van der Waals surface area contributed by atoms with Crippen LogP contribution in [0, 0.1) is 5.92 Å². The fourth-order valence-corrected chi connectivity index (χ4v) is 2.02. The lowest BCUT2D eigenvalue weighted by Gasteiger charge is -2.15. The molecule has 18 heavy (non-hydrogen) atoms. The third-order valence-electron chi connectivity index (χ3n) is 3.06. The van der Waals surface area contributed by atoms with Crippen LogP contribution in [0.15, 0.2) is 24.3 Å².